The van der Waals surface area contributed by atoms with E-state index in [2.05, 4.69) is 20.6 Å². The van der Waals surface area contributed by atoms with Crippen LogP contribution in [0.2, 0.25) is 10.0 Å². The Bertz CT molecular complexity index is 918. The largest absolute Gasteiger partial charge is 0.324 e. The van der Waals surface area contributed by atoms with E-state index in [1.54, 1.807) is 18.2 Å². The second-order valence-electron chi connectivity index (χ2n) is 5.80. The molecule has 2 N–H and O–H groups in total. The van der Waals surface area contributed by atoms with E-state index in [9.17, 15) is 4.79 Å². The van der Waals surface area contributed by atoms with Crippen LogP contribution in [0, 0.1) is 13.8 Å². The van der Waals surface area contributed by atoms with Crippen molar-refractivity contribution in [2.45, 2.75) is 13.8 Å². The first-order valence-corrected chi connectivity index (χ1v) is 8.61. The average molecular weight is 387 g/mol. The number of hydrogen-bond acceptors (Lipinski definition) is 4. The number of para-hydroxylation sites is 1. The molecule has 0 saturated heterocycles. The molecule has 2 aromatic carbocycles. The van der Waals surface area contributed by atoms with Gasteiger partial charge in [-0.3, -0.25) is 4.79 Å². The fraction of sp³-hybridized carbons (Fsp3) is 0.105. The molecule has 0 saturated carbocycles. The van der Waals surface area contributed by atoms with E-state index in [-0.39, 0.29) is 5.91 Å². The summed E-state index contributed by atoms with van der Waals surface area (Å²) in [6.45, 7) is 3.89. The predicted molar refractivity (Wildman–Crippen MR) is 106 cm³/mol. The van der Waals surface area contributed by atoms with Crippen LogP contribution >= 0.6 is 23.2 Å². The second-order valence-corrected chi connectivity index (χ2v) is 6.67. The molecule has 0 aliphatic rings. The highest BCUT2D eigenvalue weighted by atomic mass is 35.5. The maximum absolute atomic E-state index is 12.4. The molecule has 1 aromatic heterocycles. The molecular formula is C19H16Cl2N4O. The number of carbonyl (C=O) groups excluding carboxylic acids is 1. The Labute approximate surface area is 161 Å². The van der Waals surface area contributed by atoms with Gasteiger partial charge in [0, 0.05) is 33.8 Å². The molecule has 0 fully saturated rings. The number of carbonyl (C=O) groups is 1. The molecule has 1 heterocycles. The average Bonchev–Trinajstić information content (AvgIpc) is 2.58. The van der Waals surface area contributed by atoms with Crippen LogP contribution in [0.25, 0.3) is 0 Å². The van der Waals surface area contributed by atoms with Crippen molar-refractivity contribution in [2.75, 3.05) is 10.6 Å². The number of halogens is 2. The van der Waals surface area contributed by atoms with Gasteiger partial charge < -0.3 is 10.6 Å². The van der Waals surface area contributed by atoms with Crippen molar-refractivity contribution in [1.29, 1.82) is 0 Å². The molecule has 0 atom stereocenters. The van der Waals surface area contributed by atoms with Crippen LogP contribution in [-0.4, -0.2) is 15.9 Å². The van der Waals surface area contributed by atoms with E-state index in [0.717, 1.165) is 16.8 Å². The van der Waals surface area contributed by atoms with E-state index in [4.69, 9.17) is 23.2 Å². The third kappa shape index (κ3) is 4.31. The summed E-state index contributed by atoms with van der Waals surface area (Å²) in [5, 5.41) is 6.91. The first kappa shape index (κ1) is 18.2. The highest BCUT2D eigenvalue weighted by Crippen LogP contribution is 2.24. The fourth-order valence-corrected chi connectivity index (χ4v) is 2.99. The first-order valence-electron chi connectivity index (χ1n) is 7.85. The van der Waals surface area contributed by atoms with Crippen LogP contribution in [0.5, 0.6) is 0 Å². The van der Waals surface area contributed by atoms with Gasteiger partial charge in [0.05, 0.1) is 5.56 Å². The van der Waals surface area contributed by atoms with Gasteiger partial charge in [0.1, 0.15) is 0 Å². The van der Waals surface area contributed by atoms with Gasteiger partial charge in [-0.2, -0.15) is 0 Å². The third-order valence-electron chi connectivity index (χ3n) is 3.75. The van der Waals surface area contributed by atoms with Crippen molar-refractivity contribution in [3.05, 3.63) is 75.5 Å². The van der Waals surface area contributed by atoms with E-state index in [1.165, 1.54) is 12.4 Å². The molecule has 0 radical (unpaired) electrons. The normalized spacial score (nSPS) is 10.5. The van der Waals surface area contributed by atoms with Gasteiger partial charge in [-0.1, -0.05) is 41.4 Å². The lowest BCUT2D eigenvalue weighted by Crippen LogP contribution is -2.14. The number of nitrogens with one attached hydrogen (secondary N) is 2. The standard InChI is InChI=1S/C19H16Cl2N4O/c1-11-4-3-5-12(2)17(11)25-18(26)13-9-22-19(23-10-13)24-16-7-14(20)6-15(21)8-16/h3-10H,1-2H3,(H,25,26)(H,22,23,24). The number of aryl methyl sites for hydroxylation is 2. The summed E-state index contributed by atoms with van der Waals surface area (Å²) in [6, 6.07) is 10.9. The second kappa shape index (κ2) is 7.72. The lowest BCUT2D eigenvalue weighted by atomic mass is 10.1. The minimum Gasteiger partial charge on any atom is -0.324 e. The van der Waals surface area contributed by atoms with E-state index in [0.29, 0.717) is 27.2 Å². The van der Waals surface area contributed by atoms with Gasteiger partial charge in [-0.25, -0.2) is 9.97 Å². The van der Waals surface area contributed by atoms with Gasteiger partial charge >= 0.3 is 0 Å². The topological polar surface area (TPSA) is 66.9 Å². The molecule has 132 valence electrons. The Balaban J connectivity index is 1.73. The Morgan fingerprint density at radius 1 is 0.962 bits per heavy atom. The Kier molecular flexibility index (Phi) is 5.40. The smallest absolute Gasteiger partial charge is 0.258 e. The Morgan fingerprint density at radius 3 is 2.12 bits per heavy atom. The van der Waals surface area contributed by atoms with Gasteiger partial charge in [0.25, 0.3) is 5.91 Å². The molecule has 0 aliphatic heterocycles. The number of aromatic nitrogens is 2. The van der Waals surface area contributed by atoms with Crippen molar-refractivity contribution < 1.29 is 4.79 Å². The fourth-order valence-electron chi connectivity index (χ4n) is 2.46. The summed E-state index contributed by atoms with van der Waals surface area (Å²) >= 11 is 11.9. The maximum atomic E-state index is 12.4. The molecule has 26 heavy (non-hydrogen) atoms. The molecule has 3 rings (SSSR count). The molecule has 0 unspecified atom stereocenters. The van der Waals surface area contributed by atoms with Crippen LogP contribution in [-0.2, 0) is 0 Å². The number of amides is 1. The van der Waals surface area contributed by atoms with Crippen LogP contribution < -0.4 is 10.6 Å². The van der Waals surface area contributed by atoms with E-state index in [1.807, 2.05) is 32.0 Å². The molecule has 1 amide bonds. The minimum absolute atomic E-state index is 0.264. The molecule has 3 aromatic rings. The number of rotatable bonds is 4. The van der Waals surface area contributed by atoms with Crippen LogP contribution in [0.3, 0.4) is 0 Å². The zero-order valence-electron chi connectivity index (χ0n) is 14.2. The van der Waals surface area contributed by atoms with Gasteiger partial charge in [0.15, 0.2) is 0 Å². The number of hydrogen-bond donors (Lipinski definition) is 2. The summed E-state index contributed by atoms with van der Waals surface area (Å²) in [5.74, 6) is 0.0757. The number of benzene rings is 2. The highest BCUT2D eigenvalue weighted by Gasteiger charge is 2.11. The summed E-state index contributed by atoms with van der Waals surface area (Å²) in [4.78, 5) is 20.8. The van der Waals surface area contributed by atoms with Crippen LogP contribution in [0.1, 0.15) is 21.5 Å². The van der Waals surface area contributed by atoms with Crippen molar-refractivity contribution in [3.63, 3.8) is 0 Å². The van der Waals surface area contributed by atoms with Crippen molar-refractivity contribution in [3.8, 4) is 0 Å². The predicted octanol–water partition coefficient (Wildman–Crippen LogP) is 5.40. The lowest BCUT2D eigenvalue weighted by molar-refractivity contribution is 0.102. The monoisotopic (exact) mass is 386 g/mol. The highest BCUT2D eigenvalue weighted by molar-refractivity contribution is 6.35. The van der Waals surface area contributed by atoms with Crippen LogP contribution in [0.15, 0.2) is 48.8 Å². The van der Waals surface area contributed by atoms with E-state index < -0.39 is 0 Å². The minimum atomic E-state index is -0.264. The van der Waals surface area contributed by atoms with E-state index >= 15 is 0 Å². The maximum Gasteiger partial charge on any atom is 0.258 e. The van der Waals surface area contributed by atoms with Crippen LogP contribution in [0.4, 0.5) is 17.3 Å². The SMILES string of the molecule is Cc1cccc(C)c1NC(=O)c1cnc(Nc2cc(Cl)cc(Cl)c2)nc1. The lowest BCUT2D eigenvalue weighted by Gasteiger charge is -2.11. The van der Waals surface area contributed by atoms with Crippen molar-refractivity contribution in [1.82, 2.24) is 9.97 Å². The van der Waals surface area contributed by atoms with Gasteiger partial charge in [0.2, 0.25) is 5.95 Å². The molecule has 5 nitrogen and oxygen atoms in total. The summed E-state index contributed by atoms with van der Waals surface area (Å²) < 4.78 is 0. The number of anilines is 3. The van der Waals surface area contributed by atoms with Crippen molar-refractivity contribution >= 4 is 46.4 Å². The van der Waals surface area contributed by atoms with Gasteiger partial charge in [-0.15, -0.1) is 0 Å². The molecule has 0 spiro atoms. The zero-order chi connectivity index (χ0) is 18.7. The quantitative estimate of drug-likeness (QED) is 0.629. The Hall–Kier alpha value is -2.63. The molecule has 7 heteroatoms. The van der Waals surface area contributed by atoms with Crippen molar-refractivity contribution in [2.24, 2.45) is 0 Å². The molecule has 0 bridgehead atoms. The number of nitrogens with zero attached hydrogens (tertiary/aromatic N) is 2. The summed E-state index contributed by atoms with van der Waals surface area (Å²) in [6.07, 6.45) is 2.93. The zero-order valence-corrected chi connectivity index (χ0v) is 15.7. The summed E-state index contributed by atoms with van der Waals surface area (Å²) in [5.41, 5.74) is 3.82. The first-order chi connectivity index (χ1) is 12.4. The molecule has 0 aliphatic carbocycles. The Morgan fingerprint density at radius 2 is 1.54 bits per heavy atom. The third-order valence-corrected chi connectivity index (χ3v) is 4.19. The molecular weight excluding hydrogens is 371 g/mol. The summed E-state index contributed by atoms with van der Waals surface area (Å²) in [7, 11) is 0. The van der Waals surface area contributed by atoms with Gasteiger partial charge in [-0.05, 0) is 43.2 Å².